The molecule has 0 aliphatic heterocycles. The van der Waals surface area contributed by atoms with Gasteiger partial charge < -0.3 is 9.30 Å². The molecule has 17 heavy (non-hydrogen) atoms. The number of nitrogens with zero attached hydrogens (tertiary/aromatic N) is 3. The van der Waals surface area contributed by atoms with Crippen LogP contribution in [0.15, 0.2) is 24.5 Å². The summed E-state index contributed by atoms with van der Waals surface area (Å²) in [6.07, 6.45) is 1.72. The Hall–Kier alpha value is -2.28. The molecule has 2 aromatic rings. The van der Waals surface area contributed by atoms with E-state index in [0.717, 1.165) is 22.8 Å². The summed E-state index contributed by atoms with van der Waals surface area (Å²) in [5.74, 6) is 0.727. The summed E-state index contributed by atoms with van der Waals surface area (Å²) in [5.41, 5.74) is 3.38. The molecule has 1 heterocycles. The second-order valence-corrected chi connectivity index (χ2v) is 3.78. The highest BCUT2D eigenvalue weighted by molar-refractivity contribution is 5.53. The van der Waals surface area contributed by atoms with Crippen LogP contribution in [0.2, 0.25) is 0 Å². The Bertz CT molecular complexity index is 593. The summed E-state index contributed by atoms with van der Waals surface area (Å²) in [6, 6.07) is 7.55. The third-order valence-electron chi connectivity index (χ3n) is 2.84. The number of aromatic nitrogens is 2. The molecular formula is C13H13N3O. The van der Waals surface area contributed by atoms with Gasteiger partial charge >= 0.3 is 0 Å². The Labute approximate surface area is 100 Å². The van der Waals surface area contributed by atoms with Gasteiger partial charge in [-0.2, -0.15) is 5.26 Å². The van der Waals surface area contributed by atoms with Crippen molar-refractivity contribution in [1.29, 1.82) is 5.26 Å². The van der Waals surface area contributed by atoms with Crippen LogP contribution in [0.3, 0.4) is 0 Å². The van der Waals surface area contributed by atoms with Crippen LogP contribution in [0.4, 0.5) is 0 Å². The van der Waals surface area contributed by atoms with Crippen LogP contribution in [0.25, 0.3) is 5.69 Å². The van der Waals surface area contributed by atoms with E-state index in [1.54, 1.807) is 25.6 Å². The zero-order chi connectivity index (χ0) is 12.4. The van der Waals surface area contributed by atoms with Gasteiger partial charge in [0, 0.05) is 11.8 Å². The van der Waals surface area contributed by atoms with Crippen LogP contribution < -0.4 is 4.74 Å². The van der Waals surface area contributed by atoms with Crippen molar-refractivity contribution in [3.05, 3.63) is 41.5 Å². The van der Waals surface area contributed by atoms with Crippen LogP contribution in [0.5, 0.6) is 5.75 Å². The SMILES string of the molecule is COc1ccc(C#N)c(-n2cnc(C)c2C)c1. The maximum atomic E-state index is 9.12. The number of methoxy groups -OCH3 is 1. The smallest absolute Gasteiger partial charge is 0.121 e. The summed E-state index contributed by atoms with van der Waals surface area (Å²) >= 11 is 0. The zero-order valence-electron chi connectivity index (χ0n) is 10.1. The number of nitriles is 1. The predicted octanol–water partition coefficient (Wildman–Crippen LogP) is 2.37. The van der Waals surface area contributed by atoms with E-state index in [4.69, 9.17) is 10.00 Å². The minimum absolute atomic E-state index is 0.603. The molecule has 1 aromatic heterocycles. The molecule has 0 spiro atoms. The molecule has 86 valence electrons. The quantitative estimate of drug-likeness (QED) is 0.791. The van der Waals surface area contributed by atoms with Gasteiger partial charge in [0.25, 0.3) is 0 Å². The fraction of sp³-hybridized carbons (Fsp3) is 0.231. The Morgan fingerprint density at radius 1 is 1.35 bits per heavy atom. The molecule has 0 aliphatic rings. The molecule has 0 amide bonds. The maximum Gasteiger partial charge on any atom is 0.121 e. The molecule has 1 aromatic carbocycles. The van der Waals surface area contributed by atoms with Crippen molar-refractivity contribution in [2.24, 2.45) is 0 Å². The Balaban J connectivity index is 2.65. The van der Waals surface area contributed by atoms with E-state index in [1.165, 1.54) is 0 Å². The van der Waals surface area contributed by atoms with Gasteiger partial charge in [0.05, 0.1) is 30.4 Å². The molecule has 0 radical (unpaired) electrons. The van der Waals surface area contributed by atoms with Gasteiger partial charge in [-0.3, -0.25) is 0 Å². The Morgan fingerprint density at radius 3 is 2.65 bits per heavy atom. The first-order valence-electron chi connectivity index (χ1n) is 5.26. The van der Waals surface area contributed by atoms with Crippen molar-refractivity contribution in [2.45, 2.75) is 13.8 Å². The largest absolute Gasteiger partial charge is 0.497 e. The number of hydrogen-bond donors (Lipinski definition) is 0. The molecule has 4 heteroatoms. The fourth-order valence-corrected chi connectivity index (χ4v) is 1.67. The second-order valence-electron chi connectivity index (χ2n) is 3.78. The average molecular weight is 227 g/mol. The van der Waals surface area contributed by atoms with E-state index in [0.29, 0.717) is 5.56 Å². The van der Waals surface area contributed by atoms with Crippen LogP contribution in [0, 0.1) is 25.2 Å². The highest BCUT2D eigenvalue weighted by Crippen LogP contribution is 2.22. The molecule has 0 saturated heterocycles. The number of imidazole rings is 1. The van der Waals surface area contributed by atoms with E-state index >= 15 is 0 Å². The van der Waals surface area contributed by atoms with Crippen LogP contribution in [0.1, 0.15) is 17.0 Å². The molecule has 0 atom stereocenters. The number of ether oxygens (including phenoxy) is 1. The van der Waals surface area contributed by atoms with Crippen LogP contribution >= 0.6 is 0 Å². The molecule has 0 aliphatic carbocycles. The van der Waals surface area contributed by atoms with Gasteiger partial charge in [-0.15, -0.1) is 0 Å². The summed E-state index contributed by atoms with van der Waals surface area (Å²) in [6.45, 7) is 3.92. The maximum absolute atomic E-state index is 9.12. The summed E-state index contributed by atoms with van der Waals surface area (Å²) in [4.78, 5) is 4.24. The van der Waals surface area contributed by atoms with Crippen LogP contribution in [-0.2, 0) is 0 Å². The molecule has 0 unspecified atom stereocenters. The first kappa shape index (κ1) is 11.2. The van der Waals surface area contributed by atoms with E-state index in [9.17, 15) is 0 Å². The summed E-state index contributed by atoms with van der Waals surface area (Å²) < 4.78 is 7.08. The van der Waals surface area contributed by atoms with Crippen molar-refractivity contribution in [1.82, 2.24) is 9.55 Å². The molecule has 0 N–H and O–H groups in total. The monoisotopic (exact) mass is 227 g/mol. The topological polar surface area (TPSA) is 50.8 Å². The van der Waals surface area contributed by atoms with Gasteiger partial charge in [-0.05, 0) is 26.0 Å². The number of benzene rings is 1. The van der Waals surface area contributed by atoms with Crippen LogP contribution in [-0.4, -0.2) is 16.7 Å². The summed E-state index contributed by atoms with van der Waals surface area (Å²) in [7, 11) is 1.61. The van der Waals surface area contributed by atoms with Gasteiger partial charge in [0.15, 0.2) is 0 Å². The average Bonchev–Trinajstić information content (AvgIpc) is 2.69. The molecular weight excluding hydrogens is 214 g/mol. The van der Waals surface area contributed by atoms with Crippen molar-refractivity contribution in [2.75, 3.05) is 7.11 Å². The minimum Gasteiger partial charge on any atom is -0.497 e. The van der Waals surface area contributed by atoms with Crippen molar-refractivity contribution in [3.63, 3.8) is 0 Å². The molecule has 4 nitrogen and oxygen atoms in total. The first-order valence-corrected chi connectivity index (χ1v) is 5.26. The van der Waals surface area contributed by atoms with E-state index < -0.39 is 0 Å². The van der Waals surface area contributed by atoms with Crippen molar-refractivity contribution in [3.8, 4) is 17.5 Å². The standard InChI is InChI=1S/C13H13N3O/c1-9-10(2)16(8-15-9)13-6-12(17-3)5-4-11(13)7-14/h4-6,8H,1-3H3. The van der Waals surface area contributed by atoms with Gasteiger partial charge in [0.1, 0.15) is 11.8 Å². The van der Waals surface area contributed by atoms with Crippen molar-refractivity contribution >= 4 is 0 Å². The van der Waals surface area contributed by atoms with E-state index in [2.05, 4.69) is 11.1 Å². The molecule has 0 bridgehead atoms. The van der Waals surface area contributed by atoms with Gasteiger partial charge in [-0.25, -0.2) is 4.98 Å². The third kappa shape index (κ3) is 1.87. The van der Waals surface area contributed by atoms with Crippen molar-refractivity contribution < 1.29 is 4.74 Å². The Morgan fingerprint density at radius 2 is 2.12 bits per heavy atom. The fourth-order valence-electron chi connectivity index (χ4n) is 1.67. The lowest BCUT2D eigenvalue weighted by Crippen LogP contribution is -1.99. The summed E-state index contributed by atoms with van der Waals surface area (Å²) in [5, 5.41) is 9.12. The van der Waals surface area contributed by atoms with E-state index in [1.807, 2.05) is 24.5 Å². The first-order chi connectivity index (χ1) is 8.17. The van der Waals surface area contributed by atoms with Gasteiger partial charge in [0.2, 0.25) is 0 Å². The third-order valence-corrected chi connectivity index (χ3v) is 2.84. The highest BCUT2D eigenvalue weighted by atomic mass is 16.5. The number of hydrogen-bond acceptors (Lipinski definition) is 3. The normalized spacial score (nSPS) is 10.0. The highest BCUT2D eigenvalue weighted by Gasteiger charge is 2.10. The van der Waals surface area contributed by atoms with Gasteiger partial charge in [-0.1, -0.05) is 0 Å². The lowest BCUT2D eigenvalue weighted by atomic mass is 10.1. The Kier molecular flexibility index (Phi) is 2.84. The molecule has 2 rings (SSSR count). The molecule has 0 fully saturated rings. The molecule has 0 saturated carbocycles. The lowest BCUT2D eigenvalue weighted by molar-refractivity contribution is 0.414. The van der Waals surface area contributed by atoms with E-state index in [-0.39, 0.29) is 0 Å². The number of rotatable bonds is 2. The predicted molar refractivity (Wildman–Crippen MR) is 64.3 cm³/mol. The number of aryl methyl sites for hydroxylation is 1. The zero-order valence-corrected chi connectivity index (χ0v) is 10.1. The lowest BCUT2D eigenvalue weighted by Gasteiger charge is -2.09. The minimum atomic E-state index is 0.603. The second kappa shape index (κ2) is 4.30.